The number of rotatable bonds is 4. The lowest BCUT2D eigenvalue weighted by molar-refractivity contribution is -0.143. The number of carbonyl (C=O) groups excluding carboxylic acids is 1. The van der Waals surface area contributed by atoms with Gasteiger partial charge in [-0.3, -0.25) is 9.69 Å². The number of hydrogen-bond acceptors (Lipinski definition) is 3. The maximum absolute atomic E-state index is 11.3. The second kappa shape index (κ2) is 6.11. The van der Waals surface area contributed by atoms with E-state index in [2.05, 4.69) is 18.7 Å². The summed E-state index contributed by atoms with van der Waals surface area (Å²) in [4.78, 5) is 13.6. The Kier molecular flexibility index (Phi) is 5.09. The number of nitrogens with zero attached hydrogens (tertiary/aromatic N) is 1. The van der Waals surface area contributed by atoms with Crippen molar-refractivity contribution >= 4 is 5.97 Å². The molecule has 0 amide bonds. The quantitative estimate of drug-likeness (QED) is 0.670. The standard InChI is InChI=1S/C12H23NO2/c1-10(2)13(9-12(14)15-3)11-7-5-4-6-8-11/h10-11H,4-9H2,1-3H3. The summed E-state index contributed by atoms with van der Waals surface area (Å²) in [5, 5.41) is 0. The minimum absolute atomic E-state index is 0.116. The Morgan fingerprint density at radius 1 is 1.33 bits per heavy atom. The molecule has 0 aromatic heterocycles. The first-order valence-electron chi connectivity index (χ1n) is 5.97. The second-order valence-electron chi connectivity index (χ2n) is 4.63. The molecule has 0 N–H and O–H groups in total. The van der Waals surface area contributed by atoms with Crippen molar-refractivity contribution in [1.82, 2.24) is 4.90 Å². The van der Waals surface area contributed by atoms with E-state index in [0.717, 1.165) is 0 Å². The van der Waals surface area contributed by atoms with Gasteiger partial charge in [-0.2, -0.15) is 0 Å². The maximum atomic E-state index is 11.3. The van der Waals surface area contributed by atoms with Crippen LogP contribution in [0, 0.1) is 0 Å². The molecule has 3 nitrogen and oxygen atoms in total. The van der Waals surface area contributed by atoms with Crippen LogP contribution in [-0.4, -0.2) is 36.6 Å². The zero-order valence-electron chi connectivity index (χ0n) is 10.2. The minimum Gasteiger partial charge on any atom is -0.468 e. The third kappa shape index (κ3) is 3.82. The van der Waals surface area contributed by atoms with E-state index in [9.17, 15) is 4.79 Å². The summed E-state index contributed by atoms with van der Waals surface area (Å²) in [7, 11) is 1.46. The molecule has 0 saturated heterocycles. The number of ether oxygens (including phenoxy) is 1. The van der Waals surface area contributed by atoms with Gasteiger partial charge in [-0.05, 0) is 26.7 Å². The Bertz CT molecular complexity index is 198. The molecule has 15 heavy (non-hydrogen) atoms. The summed E-state index contributed by atoms with van der Waals surface area (Å²) in [6.45, 7) is 4.74. The molecule has 0 bridgehead atoms. The van der Waals surface area contributed by atoms with Crippen LogP contribution in [0.25, 0.3) is 0 Å². The highest BCUT2D eigenvalue weighted by molar-refractivity contribution is 5.71. The first kappa shape index (κ1) is 12.5. The van der Waals surface area contributed by atoms with E-state index in [0.29, 0.717) is 18.6 Å². The van der Waals surface area contributed by atoms with Gasteiger partial charge < -0.3 is 4.74 Å². The zero-order valence-corrected chi connectivity index (χ0v) is 10.2. The molecule has 0 aromatic carbocycles. The number of hydrogen-bond donors (Lipinski definition) is 0. The van der Waals surface area contributed by atoms with Gasteiger partial charge in [0.2, 0.25) is 0 Å². The van der Waals surface area contributed by atoms with Crippen LogP contribution < -0.4 is 0 Å². The summed E-state index contributed by atoms with van der Waals surface area (Å²) in [5.74, 6) is -0.116. The minimum atomic E-state index is -0.116. The molecule has 3 heteroatoms. The van der Waals surface area contributed by atoms with Crippen molar-refractivity contribution in [1.29, 1.82) is 0 Å². The SMILES string of the molecule is COC(=O)CN(C(C)C)C1CCCCC1. The molecular formula is C12H23NO2. The molecule has 0 aliphatic heterocycles. The fourth-order valence-corrected chi connectivity index (χ4v) is 2.36. The van der Waals surface area contributed by atoms with Crippen LogP contribution in [0.15, 0.2) is 0 Å². The largest absolute Gasteiger partial charge is 0.468 e. The number of methoxy groups -OCH3 is 1. The maximum Gasteiger partial charge on any atom is 0.319 e. The van der Waals surface area contributed by atoms with E-state index in [-0.39, 0.29) is 5.97 Å². The molecule has 0 spiro atoms. The highest BCUT2D eigenvalue weighted by atomic mass is 16.5. The van der Waals surface area contributed by atoms with Gasteiger partial charge >= 0.3 is 5.97 Å². The fraction of sp³-hybridized carbons (Fsp3) is 0.917. The molecular weight excluding hydrogens is 190 g/mol. The topological polar surface area (TPSA) is 29.5 Å². The molecule has 1 aliphatic carbocycles. The monoisotopic (exact) mass is 213 g/mol. The molecule has 0 unspecified atom stereocenters. The number of carbonyl (C=O) groups is 1. The first-order valence-corrected chi connectivity index (χ1v) is 5.97. The molecule has 0 aromatic rings. The van der Waals surface area contributed by atoms with Crippen LogP contribution in [0.3, 0.4) is 0 Å². The number of esters is 1. The van der Waals surface area contributed by atoms with Gasteiger partial charge in [-0.1, -0.05) is 19.3 Å². The van der Waals surface area contributed by atoms with Crippen molar-refractivity contribution in [3.63, 3.8) is 0 Å². The van der Waals surface area contributed by atoms with Crippen LogP contribution in [0.1, 0.15) is 46.0 Å². The Morgan fingerprint density at radius 2 is 1.93 bits per heavy atom. The Balaban J connectivity index is 2.51. The van der Waals surface area contributed by atoms with Crippen molar-refractivity contribution in [3.8, 4) is 0 Å². The molecule has 0 atom stereocenters. The van der Waals surface area contributed by atoms with E-state index >= 15 is 0 Å². The average molecular weight is 213 g/mol. The van der Waals surface area contributed by atoms with E-state index in [1.165, 1.54) is 39.2 Å². The van der Waals surface area contributed by atoms with Crippen molar-refractivity contribution in [2.45, 2.75) is 58.0 Å². The van der Waals surface area contributed by atoms with E-state index in [1.54, 1.807) is 0 Å². The molecule has 0 heterocycles. The van der Waals surface area contributed by atoms with Gasteiger partial charge in [0.15, 0.2) is 0 Å². The summed E-state index contributed by atoms with van der Waals surface area (Å²) in [6, 6.07) is 1.00. The lowest BCUT2D eigenvalue weighted by atomic mass is 9.93. The van der Waals surface area contributed by atoms with Gasteiger partial charge in [0.05, 0.1) is 13.7 Å². The van der Waals surface area contributed by atoms with E-state index < -0.39 is 0 Å². The molecule has 0 radical (unpaired) electrons. The summed E-state index contributed by atoms with van der Waals surface area (Å²) in [5.41, 5.74) is 0. The predicted octanol–water partition coefficient (Wildman–Crippen LogP) is 2.20. The van der Waals surface area contributed by atoms with Crippen molar-refractivity contribution in [2.75, 3.05) is 13.7 Å². The van der Waals surface area contributed by atoms with Crippen molar-refractivity contribution in [3.05, 3.63) is 0 Å². The summed E-state index contributed by atoms with van der Waals surface area (Å²) >= 11 is 0. The van der Waals surface area contributed by atoms with Gasteiger partial charge in [0, 0.05) is 12.1 Å². The predicted molar refractivity (Wildman–Crippen MR) is 60.7 cm³/mol. The van der Waals surface area contributed by atoms with Gasteiger partial charge in [0.25, 0.3) is 0 Å². The van der Waals surface area contributed by atoms with Crippen LogP contribution in [0.5, 0.6) is 0 Å². The van der Waals surface area contributed by atoms with E-state index in [4.69, 9.17) is 4.74 Å². The zero-order chi connectivity index (χ0) is 11.3. The molecule has 88 valence electrons. The lowest BCUT2D eigenvalue weighted by Gasteiger charge is -2.36. The average Bonchev–Trinajstić information content (AvgIpc) is 2.26. The summed E-state index contributed by atoms with van der Waals surface area (Å²) < 4.78 is 4.74. The second-order valence-corrected chi connectivity index (χ2v) is 4.63. The normalized spacial score (nSPS) is 18.5. The smallest absolute Gasteiger partial charge is 0.319 e. The Labute approximate surface area is 92.8 Å². The van der Waals surface area contributed by atoms with Crippen LogP contribution in [0.4, 0.5) is 0 Å². The van der Waals surface area contributed by atoms with Gasteiger partial charge in [0.1, 0.15) is 0 Å². The van der Waals surface area contributed by atoms with Crippen LogP contribution >= 0.6 is 0 Å². The first-order chi connectivity index (χ1) is 7.15. The van der Waals surface area contributed by atoms with Gasteiger partial charge in [-0.25, -0.2) is 0 Å². The van der Waals surface area contributed by atoms with Crippen molar-refractivity contribution < 1.29 is 9.53 Å². The van der Waals surface area contributed by atoms with E-state index in [1.807, 2.05) is 0 Å². The highest BCUT2D eigenvalue weighted by Gasteiger charge is 2.25. The van der Waals surface area contributed by atoms with Crippen LogP contribution in [0.2, 0.25) is 0 Å². The fourth-order valence-electron chi connectivity index (χ4n) is 2.36. The van der Waals surface area contributed by atoms with Crippen LogP contribution in [-0.2, 0) is 9.53 Å². The Morgan fingerprint density at radius 3 is 2.40 bits per heavy atom. The molecule has 1 saturated carbocycles. The lowest BCUT2D eigenvalue weighted by Crippen LogP contribution is -2.44. The third-order valence-electron chi connectivity index (χ3n) is 3.25. The molecule has 1 fully saturated rings. The van der Waals surface area contributed by atoms with Crippen molar-refractivity contribution in [2.24, 2.45) is 0 Å². The van der Waals surface area contributed by atoms with Gasteiger partial charge in [-0.15, -0.1) is 0 Å². The summed E-state index contributed by atoms with van der Waals surface area (Å²) in [6.07, 6.45) is 6.41. The molecule has 1 aliphatic rings. The highest BCUT2D eigenvalue weighted by Crippen LogP contribution is 2.23. The Hall–Kier alpha value is -0.570. The third-order valence-corrected chi connectivity index (χ3v) is 3.25. The molecule has 1 rings (SSSR count).